The molecule has 0 aliphatic rings. The lowest BCUT2D eigenvalue weighted by molar-refractivity contribution is 0.532. The molecule has 1 nitrogen and oxygen atoms in total. The zero-order valence-corrected chi connectivity index (χ0v) is 13.5. The molecule has 1 aromatic carbocycles. The molecule has 0 bridgehead atoms. The smallest absolute Gasteiger partial charge is 0.000824 e. The molecule has 0 aromatic heterocycles. The summed E-state index contributed by atoms with van der Waals surface area (Å²) < 4.78 is 0. The van der Waals surface area contributed by atoms with Gasteiger partial charge in [-0.15, -0.1) is 0 Å². The van der Waals surface area contributed by atoms with Crippen LogP contribution in [0.15, 0.2) is 24.3 Å². The van der Waals surface area contributed by atoms with Crippen LogP contribution in [0.25, 0.3) is 0 Å². The Kier molecular flexibility index (Phi) is 9.40. The van der Waals surface area contributed by atoms with Crippen molar-refractivity contribution < 1.29 is 0 Å². The molecule has 0 aliphatic carbocycles. The molecule has 1 atom stereocenters. The molecule has 20 heavy (non-hydrogen) atoms. The van der Waals surface area contributed by atoms with E-state index in [9.17, 15) is 0 Å². The molecule has 1 unspecified atom stereocenters. The number of rotatable bonds is 11. The van der Waals surface area contributed by atoms with Crippen LogP contribution < -0.4 is 5.73 Å². The van der Waals surface area contributed by atoms with Crippen molar-refractivity contribution in [1.82, 2.24) is 0 Å². The van der Waals surface area contributed by atoms with Crippen molar-refractivity contribution in [2.24, 2.45) is 5.73 Å². The molecule has 2 N–H and O–H groups in total. The highest BCUT2D eigenvalue weighted by Crippen LogP contribution is 2.22. The molecule has 114 valence electrons. The molecule has 1 heteroatoms. The summed E-state index contributed by atoms with van der Waals surface area (Å²) in [5.74, 6) is 0.551. The molecule has 0 amide bonds. The SMILES string of the molecule is CCCCCCCCCCC(CN)c1cccc(C)c1. The van der Waals surface area contributed by atoms with E-state index in [2.05, 4.69) is 38.1 Å². The number of unbranched alkanes of at least 4 members (excludes halogenated alkanes) is 7. The van der Waals surface area contributed by atoms with Gasteiger partial charge in [0.1, 0.15) is 0 Å². The number of hydrogen-bond donors (Lipinski definition) is 1. The Balaban J connectivity index is 2.16. The third-order valence-corrected chi connectivity index (χ3v) is 4.20. The molecule has 0 saturated carbocycles. The van der Waals surface area contributed by atoms with Crippen molar-refractivity contribution in [3.05, 3.63) is 35.4 Å². The molecule has 1 rings (SSSR count). The first kappa shape index (κ1) is 17.2. The van der Waals surface area contributed by atoms with E-state index in [0.717, 1.165) is 6.54 Å². The second-order valence-electron chi connectivity index (χ2n) is 6.11. The molecule has 1 aromatic rings. The Morgan fingerprint density at radius 2 is 1.60 bits per heavy atom. The number of hydrogen-bond acceptors (Lipinski definition) is 1. The maximum Gasteiger partial charge on any atom is -0.000824 e. The van der Waals surface area contributed by atoms with E-state index in [-0.39, 0.29) is 0 Å². The average molecular weight is 275 g/mol. The molecule has 0 aliphatic heterocycles. The van der Waals surface area contributed by atoms with Crippen LogP contribution in [0.2, 0.25) is 0 Å². The van der Waals surface area contributed by atoms with Crippen LogP contribution in [0.3, 0.4) is 0 Å². The number of nitrogens with two attached hydrogens (primary N) is 1. The lowest BCUT2D eigenvalue weighted by Gasteiger charge is -2.15. The molecule has 0 heterocycles. The van der Waals surface area contributed by atoms with Gasteiger partial charge in [0.2, 0.25) is 0 Å². The lowest BCUT2D eigenvalue weighted by Crippen LogP contribution is -2.12. The predicted octanol–water partition coefficient (Wildman–Crippen LogP) is 5.57. The maximum atomic E-state index is 5.95. The van der Waals surface area contributed by atoms with Crippen LogP contribution in [-0.4, -0.2) is 6.54 Å². The van der Waals surface area contributed by atoms with Crippen LogP contribution in [0.5, 0.6) is 0 Å². The van der Waals surface area contributed by atoms with Crippen molar-refractivity contribution >= 4 is 0 Å². The molecule has 0 radical (unpaired) electrons. The largest absolute Gasteiger partial charge is 0.330 e. The van der Waals surface area contributed by atoms with E-state index in [1.807, 2.05) is 0 Å². The second kappa shape index (κ2) is 10.9. The first-order valence-corrected chi connectivity index (χ1v) is 8.54. The fraction of sp³-hybridized carbons (Fsp3) is 0.684. The summed E-state index contributed by atoms with van der Waals surface area (Å²) in [5, 5.41) is 0. The molecular weight excluding hydrogens is 242 g/mol. The Bertz CT molecular complexity index is 345. The average Bonchev–Trinajstić information content (AvgIpc) is 2.46. The third kappa shape index (κ3) is 7.09. The standard InChI is InChI=1S/C19H33N/c1-3-4-5-6-7-8-9-10-13-19(16-20)18-14-11-12-17(2)15-18/h11-12,14-15,19H,3-10,13,16,20H2,1-2H3. The summed E-state index contributed by atoms with van der Waals surface area (Å²) in [6.07, 6.45) is 12.3. The van der Waals surface area contributed by atoms with Gasteiger partial charge in [-0.3, -0.25) is 0 Å². The third-order valence-electron chi connectivity index (χ3n) is 4.20. The Morgan fingerprint density at radius 3 is 2.20 bits per heavy atom. The topological polar surface area (TPSA) is 26.0 Å². The highest BCUT2D eigenvalue weighted by Gasteiger charge is 2.09. The van der Waals surface area contributed by atoms with Gasteiger partial charge in [-0.25, -0.2) is 0 Å². The first-order valence-electron chi connectivity index (χ1n) is 8.54. The molecule has 0 saturated heterocycles. The van der Waals surface area contributed by atoms with E-state index in [1.54, 1.807) is 0 Å². The van der Waals surface area contributed by atoms with E-state index in [4.69, 9.17) is 5.73 Å². The fourth-order valence-electron chi connectivity index (χ4n) is 2.87. The van der Waals surface area contributed by atoms with Gasteiger partial charge in [-0.2, -0.15) is 0 Å². The molecule has 0 fully saturated rings. The van der Waals surface area contributed by atoms with Crippen LogP contribution in [0, 0.1) is 6.92 Å². The Labute approximate surface area is 126 Å². The van der Waals surface area contributed by atoms with Crippen LogP contribution >= 0.6 is 0 Å². The maximum absolute atomic E-state index is 5.95. The summed E-state index contributed by atoms with van der Waals surface area (Å²) in [4.78, 5) is 0. The number of aryl methyl sites for hydroxylation is 1. The van der Waals surface area contributed by atoms with Gasteiger partial charge in [-0.05, 0) is 31.4 Å². The summed E-state index contributed by atoms with van der Waals surface area (Å²) in [6, 6.07) is 8.84. The van der Waals surface area contributed by atoms with E-state index >= 15 is 0 Å². The van der Waals surface area contributed by atoms with Crippen LogP contribution in [0.4, 0.5) is 0 Å². The lowest BCUT2D eigenvalue weighted by atomic mass is 9.92. The Hall–Kier alpha value is -0.820. The number of benzene rings is 1. The summed E-state index contributed by atoms with van der Waals surface area (Å²) in [6.45, 7) is 5.21. The fourth-order valence-corrected chi connectivity index (χ4v) is 2.87. The minimum atomic E-state index is 0.551. The van der Waals surface area contributed by atoms with Crippen molar-refractivity contribution in [3.8, 4) is 0 Å². The monoisotopic (exact) mass is 275 g/mol. The van der Waals surface area contributed by atoms with Gasteiger partial charge in [-0.1, -0.05) is 88.1 Å². The second-order valence-corrected chi connectivity index (χ2v) is 6.11. The zero-order chi connectivity index (χ0) is 14.6. The summed E-state index contributed by atoms with van der Waals surface area (Å²) >= 11 is 0. The van der Waals surface area contributed by atoms with Crippen molar-refractivity contribution in [2.45, 2.75) is 77.6 Å². The highest BCUT2D eigenvalue weighted by atomic mass is 14.5. The van der Waals surface area contributed by atoms with Gasteiger partial charge in [0.05, 0.1) is 0 Å². The van der Waals surface area contributed by atoms with Crippen molar-refractivity contribution in [1.29, 1.82) is 0 Å². The summed E-state index contributed by atoms with van der Waals surface area (Å²) in [7, 11) is 0. The quantitative estimate of drug-likeness (QED) is 0.525. The van der Waals surface area contributed by atoms with Gasteiger partial charge in [0.25, 0.3) is 0 Å². The van der Waals surface area contributed by atoms with Gasteiger partial charge in [0.15, 0.2) is 0 Å². The van der Waals surface area contributed by atoms with Crippen LogP contribution in [0.1, 0.15) is 81.8 Å². The van der Waals surface area contributed by atoms with Crippen molar-refractivity contribution in [3.63, 3.8) is 0 Å². The van der Waals surface area contributed by atoms with Crippen molar-refractivity contribution in [2.75, 3.05) is 6.54 Å². The highest BCUT2D eigenvalue weighted by molar-refractivity contribution is 5.25. The normalized spacial score (nSPS) is 12.6. The molecular formula is C19H33N. The van der Waals surface area contributed by atoms with Gasteiger partial charge in [0, 0.05) is 0 Å². The molecule has 0 spiro atoms. The van der Waals surface area contributed by atoms with Gasteiger partial charge < -0.3 is 5.73 Å². The van der Waals surface area contributed by atoms with E-state index < -0.39 is 0 Å². The predicted molar refractivity (Wildman–Crippen MR) is 90.2 cm³/mol. The van der Waals surface area contributed by atoms with Crippen LogP contribution in [-0.2, 0) is 0 Å². The van der Waals surface area contributed by atoms with E-state index in [0.29, 0.717) is 5.92 Å². The minimum absolute atomic E-state index is 0.551. The van der Waals surface area contributed by atoms with E-state index in [1.165, 1.54) is 68.9 Å². The Morgan fingerprint density at radius 1 is 0.950 bits per heavy atom. The van der Waals surface area contributed by atoms with Gasteiger partial charge >= 0.3 is 0 Å². The zero-order valence-electron chi connectivity index (χ0n) is 13.5. The first-order chi connectivity index (χ1) is 9.77. The summed E-state index contributed by atoms with van der Waals surface area (Å²) in [5.41, 5.74) is 8.72. The minimum Gasteiger partial charge on any atom is -0.330 e.